The van der Waals surface area contributed by atoms with E-state index in [0.717, 1.165) is 23.3 Å². The van der Waals surface area contributed by atoms with Gasteiger partial charge in [0, 0.05) is 18.0 Å². The van der Waals surface area contributed by atoms with E-state index in [0.29, 0.717) is 6.54 Å². The first-order chi connectivity index (χ1) is 12.9. The zero-order valence-corrected chi connectivity index (χ0v) is 16.8. The molecule has 2 rings (SSSR count). The second kappa shape index (κ2) is 9.45. The van der Waals surface area contributed by atoms with E-state index < -0.39 is 11.2 Å². The molecule has 2 aromatic rings. The molecule has 0 bridgehead atoms. The van der Waals surface area contributed by atoms with E-state index in [2.05, 4.69) is 4.98 Å². The zero-order chi connectivity index (χ0) is 20.0. The van der Waals surface area contributed by atoms with Crippen LogP contribution in [-0.4, -0.2) is 27.8 Å². The summed E-state index contributed by atoms with van der Waals surface area (Å²) < 4.78 is 1.32. The maximum absolute atomic E-state index is 12.7. The van der Waals surface area contributed by atoms with Gasteiger partial charge in [-0.2, -0.15) is 0 Å². The van der Waals surface area contributed by atoms with Gasteiger partial charge in [0.25, 0.3) is 5.56 Å². The number of nitrogens with one attached hydrogen (secondary N) is 1. The number of thioether (sulfide) groups is 1. The van der Waals surface area contributed by atoms with Gasteiger partial charge in [0.1, 0.15) is 5.82 Å². The van der Waals surface area contributed by atoms with Gasteiger partial charge in [0.2, 0.25) is 5.91 Å². The molecular formula is C19H26N4O3S. The highest BCUT2D eigenvalue weighted by Crippen LogP contribution is 2.22. The minimum atomic E-state index is -0.638. The van der Waals surface area contributed by atoms with Crippen LogP contribution in [0, 0.1) is 6.92 Å². The number of unbranched alkanes of at least 4 members (excludes halogenated alkanes) is 1. The Balaban J connectivity index is 2.27. The molecule has 27 heavy (non-hydrogen) atoms. The Hall–Kier alpha value is -2.48. The molecule has 1 heterocycles. The van der Waals surface area contributed by atoms with E-state index in [1.165, 1.54) is 21.2 Å². The third-order valence-corrected chi connectivity index (χ3v) is 5.22. The average Bonchev–Trinajstić information content (AvgIpc) is 2.64. The second-order valence-corrected chi connectivity index (χ2v) is 7.29. The van der Waals surface area contributed by atoms with E-state index in [1.807, 2.05) is 38.1 Å². The van der Waals surface area contributed by atoms with Crippen LogP contribution in [0.5, 0.6) is 0 Å². The number of carbonyl (C=O) groups excluding carboxylic acids is 1. The van der Waals surface area contributed by atoms with Crippen molar-refractivity contribution in [2.75, 3.05) is 22.9 Å². The number of benzene rings is 1. The summed E-state index contributed by atoms with van der Waals surface area (Å²) in [7, 11) is 0. The number of aromatic amines is 1. The highest BCUT2D eigenvalue weighted by molar-refractivity contribution is 8.00. The van der Waals surface area contributed by atoms with Crippen molar-refractivity contribution in [2.45, 2.75) is 45.1 Å². The van der Waals surface area contributed by atoms with Crippen LogP contribution in [0.4, 0.5) is 11.5 Å². The lowest BCUT2D eigenvalue weighted by Gasteiger charge is -2.23. The first-order valence-electron chi connectivity index (χ1n) is 9.01. The van der Waals surface area contributed by atoms with Crippen LogP contribution < -0.4 is 21.9 Å². The monoisotopic (exact) mass is 390 g/mol. The lowest BCUT2D eigenvalue weighted by atomic mass is 10.2. The Bertz CT molecular complexity index is 903. The van der Waals surface area contributed by atoms with Crippen molar-refractivity contribution in [3.8, 4) is 0 Å². The molecule has 0 spiro atoms. The number of hydrogen-bond donors (Lipinski definition) is 2. The van der Waals surface area contributed by atoms with Crippen molar-refractivity contribution in [3.63, 3.8) is 0 Å². The normalized spacial score (nSPS) is 10.8. The van der Waals surface area contributed by atoms with Crippen molar-refractivity contribution in [1.29, 1.82) is 0 Å². The van der Waals surface area contributed by atoms with Crippen molar-refractivity contribution < 1.29 is 4.79 Å². The molecule has 3 N–H and O–H groups in total. The molecule has 1 amide bonds. The van der Waals surface area contributed by atoms with Crippen molar-refractivity contribution in [1.82, 2.24) is 9.55 Å². The van der Waals surface area contributed by atoms with Crippen molar-refractivity contribution >= 4 is 29.2 Å². The number of nitrogens with zero attached hydrogens (tertiary/aromatic N) is 2. The summed E-state index contributed by atoms with van der Waals surface area (Å²) in [6.45, 7) is 6.45. The van der Waals surface area contributed by atoms with Gasteiger partial charge >= 0.3 is 5.69 Å². The van der Waals surface area contributed by atoms with Crippen molar-refractivity contribution in [3.05, 3.63) is 50.7 Å². The minimum Gasteiger partial charge on any atom is -0.383 e. The maximum atomic E-state index is 12.7. The Morgan fingerprint density at radius 1 is 1.22 bits per heavy atom. The van der Waals surface area contributed by atoms with E-state index in [-0.39, 0.29) is 29.7 Å². The molecule has 0 saturated carbocycles. The van der Waals surface area contributed by atoms with Gasteiger partial charge in [0.15, 0.2) is 5.69 Å². The van der Waals surface area contributed by atoms with Crippen molar-refractivity contribution in [2.24, 2.45) is 0 Å². The van der Waals surface area contributed by atoms with E-state index in [1.54, 1.807) is 6.92 Å². The summed E-state index contributed by atoms with van der Waals surface area (Å²) in [5.41, 5.74) is 6.11. The molecule has 0 unspecified atom stereocenters. The molecule has 0 saturated heterocycles. The fourth-order valence-electron chi connectivity index (χ4n) is 2.69. The fourth-order valence-corrected chi connectivity index (χ4v) is 3.47. The molecule has 0 aliphatic heterocycles. The summed E-state index contributed by atoms with van der Waals surface area (Å²) in [6.07, 6.45) is 1.63. The fraction of sp³-hybridized carbons (Fsp3) is 0.421. The van der Waals surface area contributed by atoms with Gasteiger partial charge in [0.05, 0.1) is 5.75 Å². The van der Waals surface area contributed by atoms with Gasteiger partial charge in [-0.3, -0.25) is 19.1 Å². The SMILES string of the molecule is CCCCn1c(N)c(N(CC)C(=O)CSc2ccc(C)cc2)c(=O)[nH]c1=O. The van der Waals surface area contributed by atoms with E-state index in [9.17, 15) is 14.4 Å². The predicted octanol–water partition coefficient (Wildman–Crippen LogP) is 2.37. The largest absolute Gasteiger partial charge is 0.383 e. The van der Waals surface area contributed by atoms with E-state index >= 15 is 0 Å². The van der Waals surface area contributed by atoms with Gasteiger partial charge in [-0.05, 0) is 32.4 Å². The molecule has 0 fully saturated rings. The Morgan fingerprint density at radius 2 is 1.89 bits per heavy atom. The summed E-state index contributed by atoms with van der Waals surface area (Å²) in [6, 6.07) is 7.87. The molecule has 1 aromatic heterocycles. The highest BCUT2D eigenvalue weighted by Gasteiger charge is 2.22. The van der Waals surface area contributed by atoms with Gasteiger partial charge in [-0.15, -0.1) is 11.8 Å². The molecule has 146 valence electrons. The zero-order valence-electron chi connectivity index (χ0n) is 15.9. The summed E-state index contributed by atoms with van der Waals surface area (Å²) >= 11 is 1.40. The van der Waals surface area contributed by atoms with Crippen LogP contribution in [0.15, 0.2) is 38.8 Å². The first kappa shape index (κ1) is 20.8. The number of nitrogens with two attached hydrogens (primary N) is 1. The van der Waals surface area contributed by atoms with Crippen LogP contribution >= 0.6 is 11.8 Å². The maximum Gasteiger partial charge on any atom is 0.330 e. The highest BCUT2D eigenvalue weighted by atomic mass is 32.2. The molecule has 0 aliphatic rings. The lowest BCUT2D eigenvalue weighted by Crippen LogP contribution is -2.41. The number of nitrogen functional groups attached to an aromatic ring is 1. The van der Waals surface area contributed by atoms with Gasteiger partial charge in [-0.25, -0.2) is 4.79 Å². The first-order valence-corrected chi connectivity index (χ1v) is 10.00. The van der Waals surface area contributed by atoms with Crippen LogP contribution in [0.1, 0.15) is 32.3 Å². The van der Waals surface area contributed by atoms with Crippen LogP contribution in [0.25, 0.3) is 0 Å². The third-order valence-electron chi connectivity index (χ3n) is 4.22. The smallest absolute Gasteiger partial charge is 0.330 e. The Labute approximate surface area is 162 Å². The summed E-state index contributed by atoms with van der Waals surface area (Å²) in [5.74, 6) is -0.0298. The summed E-state index contributed by atoms with van der Waals surface area (Å²) in [4.78, 5) is 41.7. The number of H-pyrrole nitrogens is 1. The molecule has 0 aliphatic carbocycles. The number of aryl methyl sites for hydroxylation is 1. The lowest BCUT2D eigenvalue weighted by molar-refractivity contribution is -0.116. The predicted molar refractivity (Wildman–Crippen MR) is 111 cm³/mol. The molecular weight excluding hydrogens is 364 g/mol. The summed E-state index contributed by atoms with van der Waals surface area (Å²) in [5, 5.41) is 0. The molecule has 0 atom stereocenters. The Kier molecular flexibility index (Phi) is 7.29. The number of amides is 1. The van der Waals surface area contributed by atoms with Gasteiger partial charge < -0.3 is 10.6 Å². The Morgan fingerprint density at radius 3 is 2.48 bits per heavy atom. The van der Waals surface area contributed by atoms with Crippen LogP contribution in [0.2, 0.25) is 0 Å². The van der Waals surface area contributed by atoms with E-state index in [4.69, 9.17) is 5.73 Å². The number of aromatic nitrogens is 2. The van der Waals surface area contributed by atoms with Gasteiger partial charge in [-0.1, -0.05) is 31.0 Å². The number of anilines is 2. The van der Waals surface area contributed by atoms with Crippen LogP contribution in [-0.2, 0) is 11.3 Å². The third kappa shape index (κ3) is 5.03. The average molecular weight is 391 g/mol. The number of carbonyl (C=O) groups is 1. The number of rotatable bonds is 8. The molecule has 7 nitrogen and oxygen atoms in total. The molecule has 1 aromatic carbocycles. The standard InChI is InChI=1S/C19H26N4O3S/c1-4-6-11-23-17(20)16(18(25)21-19(23)26)22(5-2)15(24)12-27-14-9-7-13(3)8-10-14/h7-10H,4-6,11-12,20H2,1-3H3,(H,21,25,26). The second-order valence-electron chi connectivity index (χ2n) is 6.24. The quantitative estimate of drug-likeness (QED) is 0.674. The molecule has 8 heteroatoms. The minimum absolute atomic E-state index is 0.0349. The van der Waals surface area contributed by atoms with Crippen LogP contribution in [0.3, 0.4) is 0 Å². The molecule has 0 radical (unpaired) electrons. The topological polar surface area (TPSA) is 101 Å². The number of hydrogen-bond acceptors (Lipinski definition) is 5.